The van der Waals surface area contributed by atoms with Gasteiger partial charge in [0.2, 0.25) is 0 Å². The van der Waals surface area contributed by atoms with Crippen molar-refractivity contribution < 1.29 is 13.2 Å². The molecule has 0 aliphatic rings. The molecule has 2 rings (SSSR count). The monoisotopic (exact) mass is 377 g/mol. The van der Waals surface area contributed by atoms with Crippen molar-refractivity contribution >= 4 is 21.5 Å². The molecule has 7 heteroatoms. The van der Waals surface area contributed by atoms with Crippen molar-refractivity contribution in [1.29, 1.82) is 0 Å². The summed E-state index contributed by atoms with van der Waals surface area (Å²) in [5, 5.41) is 3.22. The van der Waals surface area contributed by atoms with Crippen molar-refractivity contribution in [2.45, 2.75) is 44.9 Å². The maximum Gasteiger partial charge on any atom is 0.265 e. The molecule has 0 unspecified atom stereocenters. The van der Waals surface area contributed by atoms with Crippen molar-refractivity contribution in [2.24, 2.45) is 0 Å². The fourth-order valence-electron chi connectivity index (χ4n) is 2.49. The van der Waals surface area contributed by atoms with E-state index in [4.69, 9.17) is 4.74 Å². The molecule has 0 radical (unpaired) electrons. The van der Waals surface area contributed by atoms with Crippen LogP contribution in [-0.4, -0.2) is 27.1 Å². The first-order chi connectivity index (χ1) is 12.4. The Morgan fingerprint density at radius 3 is 2.46 bits per heavy atom. The van der Waals surface area contributed by atoms with Crippen LogP contribution in [0.4, 0.5) is 11.5 Å². The minimum Gasteiger partial charge on any atom is -0.495 e. The molecule has 0 aliphatic heterocycles. The number of methoxy groups -OCH3 is 1. The molecule has 0 amide bonds. The summed E-state index contributed by atoms with van der Waals surface area (Å²) < 4.78 is 33.3. The van der Waals surface area contributed by atoms with E-state index in [-0.39, 0.29) is 4.90 Å². The van der Waals surface area contributed by atoms with Crippen LogP contribution >= 0.6 is 0 Å². The average molecular weight is 378 g/mol. The molecular weight excluding hydrogens is 350 g/mol. The van der Waals surface area contributed by atoms with Gasteiger partial charge in [0.1, 0.15) is 16.5 Å². The van der Waals surface area contributed by atoms with Crippen molar-refractivity contribution in [2.75, 3.05) is 23.7 Å². The third-order valence-electron chi connectivity index (χ3n) is 4.17. The third-order valence-corrected chi connectivity index (χ3v) is 5.57. The van der Waals surface area contributed by atoms with E-state index in [1.807, 2.05) is 13.8 Å². The van der Waals surface area contributed by atoms with Gasteiger partial charge < -0.3 is 10.1 Å². The Balaban J connectivity index is 2.13. The fourth-order valence-corrected chi connectivity index (χ4v) is 3.77. The number of pyridine rings is 1. The van der Waals surface area contributed by atoms with Crippen LogP contribution < -0.4 is 14.8 Å². The number of benzene rings is 1. The Labute approximate surface area is 156 Å². The second kappa shape index (κ2) is 8.89. The smallest absolute Gasteiger partial charge is 0.265 e. The van der Waals surface area contributed by atoms with Gasteiger partial charge in [-0.1, -0.05) is 19.8 Å². The number of aryl methyl sites for hydroxylation is 2. The van der Waals surface area contributed by atoms with E-state index in [1.54, 1.807) is 24.3 Å². The lowest BCUT2D eigenvalue weighted by molar-refractivity contribution is 0.402. The lowest BCUT2D eigenvalue weighted by atomic mass is 10.1. The molecule has 0 spiro atoms. The van der Waals surface area contributed by atoms with Gasteiger partial charge in [-0.2, -0.15) is 0 Å². The van der Waals surface area contributed by atoms with Crippen molar-refractivity contribution in [3.05, 3.63) is 41.6 Å². The molecule has 0 bridgehead atoms. The van der Waals surface area contributed by atoms with E-state index >= 15 is 0 Å². The number of hydrogen-bond donors (Lipinski definition) is 2. The minimum absolute atomic E-state index is 0.116. The quantitative estimate of drug-likeness (QED) is 0.643. The highest BCUT2D eigenvalue weighted by atomic mass is 32.2. The molecule has 1 aromatic carbocycles. The molecule has 1 aromatic heterocycles. The Hall–Kier alpha value is -2.28. The van der Waals surface area contributed by atoms with Crippen molar-refractivity contribution in [3.8, 4) is 5.75 Å². The number of anilines is 2. The molecule has 0 atom stereocenters. The minimum atomic E-state index is -3.77. The highest BCUT2D eigenvalue weighted by molar-refractivity contribution is 7.92. The fraction of sp³-hybridized carbons (Fsp3) is 0.421. The SMILES string of the molecule is CCCCCNc1ccc(NS(=O)(=O)c2cc(C)c(C)cc2OC)cn1. The van der Waals surface area contributed by atoms with Gasteiger partial charge in [0, 0.05) is 6.54 Å². The molecule has 26 heavy (non-hydrogen) atoms. The molecule has 6 nitrogen and oxygen atoms in total. The molecule has 0 fully saturated rings. The van der Waals surface area contributed by atoms with Gasteiger partial charge in [-0.05, 0) is 55.7 Å². The van der Waals surface area contributed by atoms with Gasteiger partial charge in [-0.3, -0.25) is 4.72 Å². The van der Waals surface area contributed by atoms with E-state index in [9.17, 15) is 8.42 Å². The van der Waals surface area contributed by atoms with Gasteiger partial charge >= 0.3 is 0 Å². The van der Waals surface area contributed by atoms with Crippen molar-refractivity contribution in [1.82, 2.24) is 4.98 Å². The van der Waals surface area contributed by atoms with E-state index in [2.05, 4.69) is 21.9 Å². The van der Waals surface area contributed by atoms with E-state index in [0.29, 0.717) is 11.4 Å². The zero-order chi connectivity index (χ0) is 19.2. The van der Waals surface area contributed by atoms with Crippen LogP contribution in [0, 0.1) is 13.8 Å². The lowest BCUT2D eigenvalue weighted by Crippen LogP contribution is -2.15. The Kier molecular flexibility index (Phi) is 6.85. The number of aromatic nitrogens is 1. The summed E-state index contributed by atoms with van der Waals surface area (Å²) in [6, 6.07) is 6.81. The molecule has 2 N–H and O–H groups in total. The zero-order valence-electron chi connectivity index (χ0n) is 15.8. The van der Waals surface area contributed by atoms with Crippen LogP contribution in [0.3, 0.4) is 0 Å². The highest BCUT2D eigenvalue weighted by Crippen LogP contribution is 2.29. The van der Waals surface area contributed by atoms with Gasteiger partial charge in [0.05, 0.1) is 19.0 Å². The predicted molar refractivity (Wildman–Crippen MR) is 106 cm³/mol. The predicted octanol–water partition coefficient (Wildman–Crippen LogP) is 4.11. The second-order valence-corrected chi connectivity index (χ2v) is 7.91. The summed E-state index contributed by atoms with van der Waals surface area (Å²) in [5.74, 6) is 1.05. The van der Waals surface area contributed by atoms with Gasteiger partial charge in [-0.15, -0.1) is 0 Å². The van der Waals surface area contributed by atoms with Crippen LogP contribution in [0.15, 0.2) is 35.4 Å². The Morgan fingerprint density at radius 2 is 1.85 bits per heavy atom. The number of nitrogens with zero attached hydrogens (tertiary/aromatic N) is 1. The first-order valence-electron chi connectivity index (χ1n) is 8.75. The number of nitrogens with one attached hydrogen (secondary N) is 2. The van der Waals surface area contributed by atoms with Gasteiger partial charge in [0.25, 0.3) is 10.0 Å². The van der Waals surface area contributed by atoms with E-state index in [0.717, 1.165) is 36.3 Å². The van der Waals surface area contributed by atoms with Crippen LogP contribution in [0.5, 0.6) is 5.75 Å². The Bertz CT molecular complexity index is 834. The van der Waals surface area contributed by atoms with Crippen LogP contribution in [-0.2, 0) is 10.0 Å². The largest absolute Gasteiger partial charge is 0.495 e. The highest BCUT2D eigenvalue weighted by Gasteiger charge is 2.21. The Morgan fingerprint density at radius 1 is 1.12 bits per heavy atom. The third kappa shape index (κ3) is 5.11. The average Bonchev–Trinajstić information content (AvgIpc) is 2.61. The number of rotatable bonds is 9. The van der Waals surface area contributed by atoms with E-state index < -0.39 is 10.0 Å². The first kappa shape index (κ1) is 20.0. The lowest BCUT2D eigenvalue weighted by Gasteiger charge is -2.14. The maximum atomic E-state index is 12.7. The van der Waals surface area contributed by atoms with Crippen LogP contribution in [0.2, 0.25) is 0 Å². The molecule has 0 aliphatic carbocycles. The van der Waals surface area contributed by atoms with Crippen LogP contribution in [0.25, 0.3) is 0 Å². The molecule has 142 valence electrons. The first-order valence-corrected chi connectivity index (χ1v) is 10.2. The molecule has 1 heterocycles. The summed E-state index contributed by atoms with van der Waals surface area (Å²) in [4.78, 5) is 4.37. The topological polar surface area (TPSA) is 80.3 Å². The number of hydrogen-bond acceptors (Lipinski definition) is 5. The normalized spacial score (nSPS) is 11.2. The summed E-state index contributed by atoms with van der Waals surface area (Å²) in [5.41, 5.74) is 2.27. The molecule has 2 aromatic rings. The number of sulfonamides is 1. The standard InChI is InChI=1S/C19H27N3O3S/c1-5-6-7-10-20-19-9-8-16(13-21-19)22-26(23,24)18-12-15(3)14(2)11-17(18)25-4/h8-9,11-13,22H,5-7,10H2,1-4H3,(H,20,21). The zero-order valence-corrected chi connectivity index (χ0v) is 16.6. The second-order valence-electron chi connectivity index (χ2n) is 6.26. The van der Waals surface area contributed by atoms with Gasteiger partial charge in [-0.25, -0.2) is 13.4 Å². The van der Waals surface area contributed by atoms with Crippen molar-refractivity contribution in [3.63, 3.8) is 0 Å². The van der Waals surface area contributed by atoms with Gasteiger partial charge in [0.15, 0.2) is 0 Å². The molecule has 0 saturated heterocycles. The summed E-state index contributed by atoms with van der Waals surface area (Å²) in [7, 11) is -2.31. The summed E-state index contributed by atoms with van der Waals surface area (Å²) in [6.45, 7) is 6.79. The number of ether oxygens (including phenoxy) is 1. The molecular formula is C19H27N3O3S. The number of unbranched alkanes of at least 4 members (excludes halogenated alkanes) is 2. The van der Waals surface area contributed by atoms with Crippen LogP contribution in [0.1, 0.15) is 37.3 Å². The summed E-state index contributed by atoms with van der Waals surface area (Å²) in [6.07, 6.45) is 4.92. The summed E-state index contributed by atoms with van der Waals surface area (Å²) >= 11 is 0. The van der Waals surface area contributed by atoms with E-state index in [1.165, 1.54) is 19.7 Å². The molecule has 0 saturated carbocycles. The maximum absolute atomic E-state index is 12.7.